The summed E-state index contributed by atoms with van der Waals surface area (Å²) in [5.41, 5.74) is -0.468. The Morgan fingerprint density at radius 3 is 2.44 bits per heavy atom. The van der Waals surface area contributed by atoms with Crippen LogP contribution in [0.5, 0.6) is 0 Å². The predicted octanol–water partition coefficient (Wildman–Crippen LogP) is 0.530. The molecule has 0 amide bonds. The van der Waals surface area contributed by atoms with Gasteiger partial charge in [0.2, 0.25) is 0 Å². The molecule has 0 aliphatic rings. The zero-order valence-electron chi connectivity index (χ0n) is 12.0. The molecule has 0 aliphatic carbocycles. The summed E-state index contributed by atoms with van der Waals surface area (Å²) >= 11 is 0. The number of carbonyl (C=O) groups excluding carboxylic acids is 1. The molecule has 0 unspecified atom stereocenters. The Kier molecular flexibility index (Phi) is 8.11. The van der Waals surface area contributed by atoms with E-state index in [2.05, 4.69) is 15.6 Å². The normalized spacial score (nSPS) is 12.2. The van der Waals surface area contributed by atoms with Gasteiger partial charge in [-0.2, -0.15) is 0 Å². The van der Waals surface area contributed by atoms with Crippen molar-refractivity contribution in [1.82, 2.24) is 10.6 Å². The van der Waals surface area contributed by atoms with E-state index in [4.69, 9.17) is 9.47 Å². The fourth-order valence-electron chi connectivity index (χ4n) is 1.14. The first-order chi connectivity index (χ1) is 8.39. The van der Waals surface area contributed by atoms with Gasteiger partial charge < -0.3 is 20.1 Å². The summed E-state index contributed by atoms with van der Waals surface area (Å²) in [6, 6.07) is 0. The van der Waals surface area contributed by atoms with Crippen molar-refractivity contribution in [2.24, 2.45) is 4.99 Å². The number of ether oxygens (including phenoxy) is 2. The van der Waals surface area contributed by atoms with E-state index >= 15 is 0 Å². The van der Waals surface area contributed by atoms with Gasteiger partial charge in [-0.3, -0.25) is 9.79 Å². The highest BCUT2D eigenvalue weighted by Gasteiger charge is 2.16. The molecule has 2 N–H and O–H groups in total. The summed E-state index contributed by atoms with van der Waals surface area (Å²) < 4.78 is 10.3. The van der Waals surface area contributed by atoms with Crippen molar-refractivity contribution in [2.75, 3.05) is 33.4 Å². The van der Waals surface area contributed by atoms with Crippen LogP contribution in [0.25, 0.3) is 0 Å². The quantitative estimate of drug-likeness (QED) is 0.315. The van der Waals surface area contributed by atoms with Crippen LogP contribution in [0.15, 0.2) is 4.99 Å². The number of hydrogen-bond acceptors (Lipinski definition) is 4. The summed E-state index contributed by atoms with van der Waals surface area (Å²) in [5.74, 6) is 0.246. The third-order valence-corrected chi connectivity index (χ3v) is 1.79. The maximum atomic E-state index is 11.5. The average molecular weight is 259 g/mol. The zero-order chi connectivity index (χ0) is 14.0. The van der Waals surface area contributed by atoms with Crippen molar-refractivity contribution in [3.63, 3.8) is 0 Å². The molecule has 106 valence electrons. The largest absolute Gasteiger partial charge is 0.459 e. The van der Waals surface area contributed by atoms with Crippen molar-refractivity contribution >= 4 is 11.9 Å². The van der Waals surface area contributed by atoms with Crippen molar-refractivity contribution in [2.45, 2.75) is 33.3 Å². The first kappa shape index (κ1) is 16.7. The van der Waals surface area contributed by atoms with E-state index < -0.39 is 5.60 Å². The molecule has 0 saturated heterocycles. The fourth-order valence-corrected chi connectivity index (χ4v) is 1.14. The van der Waals surface area contributed by atoms with Crippen molar-refractivity contribution in [3.8, 4) is 0 Å². The molecule has 18 heavy (non-hydrogen) atoms. The second kappa shape index (κ2) is 8.74. The monoisotopic (exact) mass is 259 g/mol. The van der Waals surface area contributed by atoms with Gasteiger partial charge >= 0.3 is 5.97 Å². The minimum atomic E-state index is -0.468. The van der Waals surface area contributed by atoms with Crippen LogP contribution in [0, 0.1) is 0 Å². The van der Waals surface area contributed by atoms with Gasteiger partial charge in [-0.05, 0) is 27.7 Å². The Hall–Kier alpha value is -1.30. The van der Waals surface area contributed by atoms with Gasteiger partial charge in [-0.1, -0.05) is 0 Å². The predicted molar refractivity (Wildman–Crippen MR) is 71.7 cm³/mol. The van der Waals surface area contributed by atoms with Crippen molar-refractivity contribution < 1.29 is 14.3 Å². The zero-order valence-corrected chi connectivity index (χ0v) is 12.0. The van der Waals surface area contributed by atoms with Gasteiger partial charge in [-0.25, -0.2) is 0 Å². The summed E-state index contributed by atoms with van der Waals surface area (Å²) in [5, 5.41) is 5.91. The second-order valence-electron chi connectivity index (χ2n) is 4.64. The van der Waals surface area contributed by atoms with Crippen LogP contribution in [0.1, 0.15) is 27.7 Å². The van der Waals surface area contributed by atoms with Crippen LogP contribution >= 0.6 is 0 Å². The van der Waals surface area contributed by atoms with Crippen molar-refractivity contribution in [3.05, 3.63) is 0 Å². The molecule has 0 spiro atoms. The standard InChI is InChI=1S/C12H25N3O3/c1-6-17-8-7-14-11(13-5)15-9-10(16)18-12(2,3)4/h6-9H2,1-5H3,(H2,13,14,15). The molecule has 0 radical (unpaired) electrons. The highest BCUT2D eigenvalue weighted by atomic mass is 16.6. The van der Waals surface area contributed by atoms with Gasteiger partial charge in [0.15, 0.2) is 5.96 Å². The van der Waals surface area contributed by atoms with E-state index in [1.54, 1.807) is 7.05 Å². The molecule has 0 atom stereocenters. The van der Waals surface area contributed by atoms with Gasteiger partial charge in [0, 0.05) is 20.2 Å². The van der Waals surface area contributed by atoms with Crippen LogP contribution in [0.3, 0.4) is 0 Å². The number of hydrogen-bond donors (Lipinski definition) is 2. The third-order valence-electron chi connectivity index (χ3n) is 1.79. The lowest BCUT2D eigenvalue weighted by Gasteiger charge is -2.20. The fraction of sp³-hybridized carbons (Fsp3) is 0.833. The molecule has 6 nitrogen and oxygen atoms in total. The maximum absolute atomic E-state index is 11.5. The second-order valence-corrected chi connectivity index (χ2v) is 4.64. The Morgan fingerprint density at radius 2 is 1.94 bits per heavy atom. The lowest BCUT2D eigenvalue weighted by atomic mass is 10.2. The lowest BCUT2D eigenvalue weighted by Crippen LogP contribution is -2.42. The molecule has 0 aliphatic heterocycles. The third kappa shape index (κ3) is 9.89. The minimum absolute atomic E-state index is 0.0889. The van der Waals surface area contributed by atoms with Crippen LogP contribution in [-0.4, -0.2) is 50.9 Å². The summed E-state index contributed by atoms with van der Waals surface area (Å²) in [6.45, 7) is 9.46. The average Bonchev–Trinajstić information content (AvgIpc) is 2.26. The molecule has 6 heteroatoms. The highest BCUT2D eigenvalue weighted by Crippen LogP contribution is 2.05. The van der Waals surface area contributed by atoms with Gasteiger partial charge in [0.25, 0.3) is 0 Å². The van der Waals surface area contributed by atoms with E-state index in [9.17, 15) is 4.79 Å². The molecule has 0 aromatic carbocycles. The molecular formula is C12H25N3O3. The summed E-state index contributed by atoms with van der Waals surface area (Å²) in [4.78, 5) is 15.4. The molecule has 0 fully saturated rings. The van der Waals surface area contributed by atoms with Gasteiger partial charge in [0.05, 0.1) is 6.61 Å². The molecule has 0 bridgehead atoms. The number of nitrogens with one attached hydrogen (secondary N) is 2. The number of aliphatic imine (C=N–C) groups is 1. The lowest BCUT2D eigenvalue weighted by molar-refractivity contribution is -0.153. The van der Waals surface area contributed by atoms with Crippen LogP contribution < -0.4 is 10.6 Å². The Balaban J connectivity index is 3.84. The molecule has 0 aromatic rings. The minimum Gasteiger partial charge on any atom is -0.459 e. The van der Waals surface area contributed by atoms with Crippen LogP contribution in [-0.2, 0) is 14.3 Å². The van der Waals surface area contributed by atoms with Crippen LogP contribution in [0.2, 0.25) is 0 Å². The van der Waals surface area contributed by atoms with E-state index in [0.29, 0.717) is 25.7 Å². The highest BCUT2D eigenvalue weighted by molar-refractivity contribution is 5.84. The Bertz CT molecular complexity index is 272. The number of rotatable bonds is 6. The van der Waals surface area contributed by atoms with Gasteiger partial charge in [0.1, 0.15) is 12.1 Å². The maximum Gasteiger partial charge on any atom is 0.325 e. The SMILES string of the molecule is CCOCCNC(=NC)NCC(=O)OC(C)(C)C. The molecule has 0 aromatic heterocycles. The Labute approximate surface area is 109 Å². The van der Waals surface area contributed by atoms with Gasteiger partial charge in [-0.15, -0.1) is 0 Å². The number of esters is 1. The first-order valence-electron chi connectivity index (χ1n) is 6.13. The topological polar surface area (TPSA) is 72.0 Å². The molecule has 0 saturated carbocycles. The molecule has 0 heterocycles. The van der Waals surface area contributed by atoms with E-state index in [1.165, 1.54) is 0 Å². The van der Waals surface area contributed by atoms with E-state index in [1.807, 2.05) is 27.7 Å². The van der Waals surface area contributed by atoms with Crippen LogP contribution in [0.4, 0.5) is 0 Å². The first-order valence-corrected chi connectivity index (χ1v) is 6.13. The summed E-state index contributed by atoms with van der Waals surface area (Å²) in [7, 11) is 1.64. The van der Waals surface area contributed by atoms with E-state index in [0.717, 1.165) is 0 Å². The Morgan fingerprint density at radius 1 is 1.28 bits per heavy atom. The van der Waals surface area contributed by atoms with Crippen molar-refractivity contribution in [1.29, 1.82) is 0 Å². The summed E-state index contributed by atoms with van der Waals surface area (Å²) in [6.07, 6.45) is 0. The molecular weight excluding hydrogens is 234 g/mol. The molecule has 0 rings (SSSR count). The number of carbonyl (C=O) groups is 1. The van der Waals surface area contributed by atoms with E-state index in [-0.39, 0.29) is 12.5 Å². The number of guanidine groups is 1. The number of nitrogens with zero attached hydrogens (tertiary/aromatic N) is 1. The smallest absolute Gasteiger partial charge is 0.325 e.